The number of rotatable bonds is 9. The molecule has 0 aliphatic heterocycles. The first kappa shape index (κ1) is 14.0. The average Bonchev–Trinajstić information content (AvgIpc) is 2.11. The Morgan fingerprint density at radius 2 is 1.21 bits per heavy atom. The molecule has 0 unspecified atom stereocenters. The van der Waals surface area contributed by atoms with Crippen LogP contribution >= 0.6 is 0 Å². The van der Waals surface area contributed by atoms with Gasteiger partial charge in [-0.25, -0.2) is 0 Å². The van der Waals surface area contributed by atoms with Crippen LogP contribution < -0.4 is 0 Å². The third-order valence-corrected chi connectivity index (χ3v) is 2.95. The van der Waals surface area contributed by atoms with Gasteiger partial charge >= 0.3 is 0 Å². The van der Waals surface area contributed by atoms with E-state index in [1.807, 2.05) is 0 Å². The molecule has 0 aromatic heterocycles. The average molecular weight is 200 g/mol. The van der Waals surface area contributed by atoms with Crippen molar-refractivity contribution in [2.45, 2.75) is 58.8 Å². The van der Waals surface area contributed by atoms with Gasteiger partial charge < -0.3 is 4.48 Å². The number of hydrogen-bond donors (Lipinski definition) is 0. The minimum atomic E-state index is 1.21. The minimum Gasteiger partial charge on any atom is -0.328 e. The second kappa shape index (κ2) is 8.28. The Hall–Kier alpha value is -0.0400. The summed E-state index contributed by atoms with van der Waals surface area (Å²) < 4.78 is 1.21. The van der Waals surface area contributed by atoms with Crippen LogP contribution in [0.25, 0.3) is 0 Å². The van der Waals surface area contributed by atoms with Gasteiger partial charge in [-0.2, -0.15) is 0 Å². The van der Waals surface area contributed by atoms with E-state index in [4.69, 9.17) is 0 Å². The van der Waals surface area contributed by atoms with Gasteiger partial charge in [0.2, 0.25) is 0 Å². The molecule has 0 amide bonds. The second-order valence-corrected chi connectivity index (χ2v) is 5.15. The van der Waals surface area contributed by atoms with Crippen molar-refractivity contribution in [3.63, 3.8) is 0 Å². The molecule has 0 N–H and O–H groups in total. The fraction of sp³-hybridized carbons (Fsp3) is 1.00. The Balaban J connectivity index is 3.26. The molecule has 0 aliphatic carbocycles. The normalized spacial score (nSPS) is 12.0. The molecule has 86 valence electrons. The highest BCUT2D eigenvalue weighted by Crippen LogP contribution is 2.08. The third-order valence-electron chi connectivity index (χ3n) is 2.95. The number of quaternary nitrogens is 1. The zero-order chi connectivity index (χ0) is 10.9. The molecule has 0 bridgehead atoms. The Morgan fingerprint density at radius 1 is 0.643 bits per heavy atom. The monoisotopic (exact) mass is 200 g/mol. The van der Waals surface area contributed by atoms with E-state index >= 15 is 0 Å². The summed E-state index contributed by atoms with van der Waals surface area (Å²) >= 11 is 0. The molecule has 1 heteroatoms. The molecule has 0 aromatic rings. The maximum atomic E-state index is 2.36. The molecule has 0 atom stereocenters. The van der Waals surface area contributed by atoms with Crippen molar-refractivity contribution in [1.29, 1.82) is 0 Å². The quantitative estimate of drug-likeness (QED) is 0.392. The lowest BCUT2D eigenvalue weighted by Gasteiger charge is -2.29. The number of hydrogen-bond acceptors (Lipinski definition) is 0. The van der Waals surface area contributed by atoms with E-state index in [2.05, 4.69) is 27.9 Å². The van der Waals surface area contributed by atoms with Crippen LogP contribution in [0.2, 0.25) is 0 Å². The van der Waals surface area contributed by atoms with Gasteiger partial charge in [-0.1, -0.05) is 39.5 Å². The molecule has 0 fully saturated rings. The molecule has 0 rings (SSSR count). The van der Waals surface area contributed by atoms with E-state index in [0.29, 0.717) is 0 Å². The van der Waals surface area contributed by atoms with Crippen LogP contribution in [0.3, 0.4) is 0 Å². The highest BCUT2D eigenvalue weighted by Gasteiger charge is 2.11. The molecule has 0 aromatic carbocycles. The molecular weight excluding hydrogens is 170 g/mol. The van der Waals surface area contributed by atoms with Crippen LogP contribution in [-0.4, -0.2) is 31.7 Å². The highest BCUT2D eigenvalue weighted by atomic mass is 15.3. The summed E-state index contributed by atoms with van der Waals surface area (Å²) in [7, 11) is 4.71. The predicted octanol–water partition coefficient (Wildman–Crippen LogP) is 3.83. The van der Waals surface area contributed by atoms with Gasteiger partial charge in [0.25, 0.3) is 0 Å². The van der Waals surface area contributed by atoms with E-state index in [0.717, 1.165) is 0 Å². The van der Waals surface area contributed by atoms with Gasteiger partial charge in [0, 0.05) is 0 Å². The zero-order valence-corrected chi connectivity index (χ0v) is 10.8. The van der Waals surface area contributed by atoms with E-state index in [-0.39, 0.29) is 0 Å². The van der Waals surface area contributed by atoms with Crippen LogP contribution in [0.5, 0.6) is 0 Å². The first-order valence-electron chi connectivity index (χ1n) is 6.44. The van der Waals surface area contributed by atoms with Gasteiger partial charge in [0.1, 0.15) is 0 Å². The summed E-state index contributed by atoms with van der Waals surface area (Å²) in [5.41, 5.74) is 0. The van der Waals surface area contributed by atoms with Gasteiger partial charge in [0.15, 0.2) is 0 Å². The summed E-state index contributed by atoms with van der Waals surface area (Å²) in [5, 5.41) is 0. The maximum absolute atomic E-state index is 2.36. The first-order chi connectivity index (χ1) is 6.62. The van der Waals surface area contributed by atoms with Gasteiger partial charge in [-0.15, -0.1) is 0 Å². The molecule has 1 nitrogen and oxygen atoms in total. The van der Waals surface area contributed by atoms with Crippen molar-refractivity contribution >= 4 is 0 Å². The second-order valence-electron chi connectivity index (χ2n) is 5.15. The molecule has 0 heterocycles. The van der Waals surface area contributed by atoms with Crippen molar-refractivity contribution in [1.82, 2.24) is 0 Å². The molecule has 0 aliphatic rings. The summed E-state index contributed by atoms with van der Waals surface area (Å²) in [5.74, 6) is 0. The van der Waals surface area contributed by atoms with E-state index in [1.54, 1.807) is 0 Å². The van der Waals surface area contributed by atoms with Gasteiger partial charge in [-0.3, -0.25) is 0 Å². The van der Waals surface area contributed by atoms with E-state index in [1.165, 1.54) is 62.5 Å². The van der Waals surface area contributed by atoms with Crippen LogP contribution in [0.1, 0.15) is 58.8 Å². The van der Waals surface area contributed by atoms with Crippen LogP contribution in [0, 0.1) is 0 Å². The van der Waals surface area contributed by atoms with Gasteiger partial charge in [-0.05, 0) is 19.3 Å². The summed E-state index contributed by atoms with van der Waals surface area (Å²) in [4.78, 5) is 0. The summed E-state index contributed by atoms with van der Waals surface area (Å²) in [6, 6.07) is 0. The van der Waals surface area contributed by atoms with Crippen molar-refractivity contribution < 1.29 is 4.48 Å². The zero-order valence-electron chi connectivity index (χ0n) is 10.8. The topological polar surface area (TPSA) is 0 Å². The lowest BCUT2D eigenvalue weighted by atomic mass is 10.1. The number of nitrogens with zero attached hydrogens (tertiary/aromatic N) is 1. The molecule has 0 saturated carbocycles. The van der Waals surface area contributed by atoms with Crippen LogP contribution in [0.4, 0.5) is 0 Å². The third kappa shape index (κ3) is 8.55. The van der Waals surface area contributed by atoms with Crippen LogP contribution in [-0.2, 0) is 0 Å². The Bertz CT molecular complexity index is 118. The maximum Gasteiger partial charge on any atom is 0.0782 e. The smallest absolute Gasteiger partial charge is 0.0782 e. The van der Waals surface area contributed by atoms with E-state index < -0.39 is 0 Å². The molecular formula is C13H30N+. The van der Waals surface area contributed by atoms with Gasteiger partial charge in [0.05, 0.1) is 27.2 Å². The lowest BCUT2D eigenvalue weighted by Crippen LogP contribution is -2.40. The first-order valence-corrected chi connectivity index (χ1v) is 6.44. The SMILES string of the molecule is CCCCCCCC[N+](C)(C)CCC. The summed E-state index contributed by atoms with van der Waals surface area (Å²) in [6.45, 7) is 7.25. The Kier molecular flexibility index (Phi) is 8.26. The largest absolute Gasteiger partial charge is 0.328 e. The Labute approximate surface area is 91.1 Å². The molecule has 0 radical (unpaired) electrons. The number of unbranched alkanes of at least 4 members (excludes halogenated alkanes) is 5. The lowest BCUT2D eigenvalue weighted by molar-refractivity contribution is -0.890. The van der Waals surface area contributed by atoms with E-state index in [9.17, 15) is 0 Å². The van der Waals surface area contributed by atoms with Crippen molar-refractivity contribution in [3.05, 3.63) is 0 Å². The summed E-state index contributed by atoms with van der Waals surface area (Å²) in [6.07, 6.45) is 9.83. The standard InChI is InChI=1S/C13H30N/c1-5-7-8-9-10-11-13-14(3,4)12-6-2/h5-13H2,1-4H3/q+1. The fourth-order valence-electron chi connectivity index (χ4n) is 2.04. The molecule has 0 saturated heterocycles. The fourth-order valence-corrected chi connectivity index (χ4v) is 2.04. The molecule has 14 heavy (non-hydrogen) atoms. The molecule has 0 spiro atoms. The van der Waals surface area contributed by atoms with Crippen molar-refractivity contribution in [2.75, 3.05) is 27.2 Å². The predicted molar refractivity (Wildman–Crippen MR) is 65.5 cm³/mol. The van der Waals surface area contributed by atoms with Crippen LogP contribution in [0.15, 0.2) is 0 Å². The minimum absolute atomic E-state index is 1.21. The van der Waals surface area contributed by atoms with Crippen molar-refractivity contribution in [3.8, 4) is 0 Å². The van der Waals surface area contributed by atoms with Crippen molar-refractivity contribution in [2.24, 2.45) is 0 Å². The highest BCUT2D eigenvalue weighted by molar-refractivity contribution is 4.44. The Morgan fingerprint density at radius 3 is 1.79 bits per heavy atom.